The van der Waals surface area contributed by atoms with Gasteiger partial charge in [0, 0.05) is 30.8 Å². The molecular weight excluding hydrogens is 268 g/mol. The van der Waals surface area contributed by atoms with Crippen LogP contribution in [0.4, 0.5) is 0 Å². The van der Waals surface area contributed by atoms with E-state index in [1.807, 2.05) is 20.8 Å². The van der Waals surface area contributed by atoms with Gasteiger partial charge in [-0.1, -0.05) is 25.9 Å². The highest BCUT2D eigenvalue weighted by Crippen LogP contribution is 2.32. The van der Waals surface area contributed by atoms with Gasteiger partial charge in [0.25, 0.3) is 0 Å². The predicted molar refractivity (Wildman–Crippen MR) is 79.6 cm³/mol. The number of carbonyl (C=O) groups is 1. The molecule has 1 aromatic heterocycles. The molecule has 0 spiro atoms. The van der Waals surface area contributed by atoms with Crippen molar-refractivity contribution in [2.24, 2.45) is 11.7 Å². The number of nitrogens with zero attached hydrogens (tertiary/aromatic N) is 2. The van der Waals surface area contributed by atoms with Crippen molar-refractivity contribution in [2.45, 2.75) is 64.3 Å². The minimum atomic E-state index is -0.113. The third-order valence-electron chi connectivity index (χ3n) is 3.72. The minimum Gasteiger partial charge on any atom is -0.352 e. The standard InChI is InChI=1S/C15H26N4O2/c1-15(2,3)14-18-13(21-19-14)6-4-5-12(20)17-11(9-16)10-7-8-10/h10-11H,4-9,16H2,1-3H3,(H,17,20). The van der Waals surface area contributed by atoms with Gasteiger partial charge in [0.2, 0.25) is 11.8 Å². The van der Waals surface area contributed by atoms with Crippen LogP contribution in [0.15, 0.2) is 4.52 Å². The molecular formula is C15H26N4O2. The van der Waals surface area contributed by atoms with Crippen LogP contribution in [0.25, 0.3) is 0 Å². The van der Waals surface area contributed by atoms with Crippen LogP contribution >= 0.6 is 0 Å². The van der Waals surface area contributed by atoms with E-state index in [1.54, 1.807) is 0 Å². The van der Waals surface area contributed by atoms with Crippen LogP contribution in [0, 0.1) is 5.92 Å². The second kappa shape index (κ2) is 6.56. The van der Waals surface area contributed by atoms with Crippen molar-refractivity contribution in [1.82, 2.24) is 15.5 Å². The van der Waals surface area contributed by atoms with Gasteiger partial charge < -0.3 is 15.6 Å². The summed E-state index contributed by atoms with van der Waals surface area (Å²) >= 11 is 0. The van der Waals surface area contributed by atoms with Crippen molar-refractivity contribution < 1.29 is 9.32 Å². The van der Waals surface area contributed by atoms with Gasteiger partial charge in [-0.3, -0.25) is 4.79 Å². The molecule has 118 valence electrons. The fraction of sp³-hybridized carbons (Fsp3) is 0.800. The maximum Gasteiger partial charge on any atom is 0.226 e. The van der Waals surface area contributed by atoms with E-state index < -0.39 is 0 Å². The van der Waals surface area contributed by atoms with Crippen LogP contribution in [0.1, 0.15) is 58.2 Å². The predicted octanol–water partition coefficient (Wildman–Crippen LogP) is 1.54. The maximum atomic E-state index is 11.9. The molecule has 2 rings (SSSR count). The molecule has 1 heterocycles. The van der Waals surface area contributed by atoms with Gasteiger partial charge in [0.15, 0.2) is 5.82 Å². The van der Waals surface area contributed by atoms with Crippen molar-refractivity contribution in [3.63, 3.8) is 0 Å². The van der Waals surface area contributed by atoms with Crippen molar-refractivity contribution in [2.75, 3.05) is 6.54 Å². The van der Waals surface area contributed by atoms with Crippen LogP contribution in [-0.2, 0) is 16.6 Å². The Morgan fingerprint density at radius 2 is 2.19 bits per heavy atom. The lowest BCUT2D eigenvalue weighted by molar-refractivity contribution is -0.122. The number of aromatic nitrogens is 2. The average Bonchev–Trinajstić information content (AvgIpc) is 3.13. The molecule has 1 fully saturated rings. The Hall–Kier alpha value is -1.43. The van der Waals surface area contributed by atoms with Gasteiger partial charge in [-0.2, -0.15) is 4.98 Å². The van der Waals surface area contributed by atoms with E-state index in [0.717, 1.165) is 0 Å². The summed E-state index contributed by atoms with van der Waals surface area (Å²) in [6, 6.07) is 0.147. The van der Waals surface area contributed by atoms with Gasteiger partial charge in [0.05, 0.1) is 0 Å². The fourth-order valence-electron chi connectivity index (χ4n) is 2.21. The molecule has 1 aliphatic rings. The normalized spacial score (nSPS) is 16.8. The number of rotatable bonds is 7. The summed E-state index contributed by atoms with van der Waals surface area (Å²) in [6.45, 7) is 6.65. The van der Waals surface area contributed by atoms with Crippen molar-refractivity contribution in [1.29, 1.82) is 0 Å². The molecule has 0 saturated heterocycles. The summed E-state index contributed by atoms with van der Waals surface area (Å²) in [5.41, 5.74) is 5.56. The first kappa shape index (κ1) is 15.9. The first-order chi connectivity index (χ1) is 9.90. The van der Waals surface area contributed by atoms with Gasteiger partial charge in [-0.15, -0.1) is 0 Å². The Bertz CT molecular complexity index is 474. The largest absolute Gasteiger partial charge is 0.352 e. The lowest BCUT2D eigenvalue weighted by Crippen LogP contribution is -2.41. The van der Waals surface area contributed by atoms with Crippen LogP contribution in [-0.4, -0.2) is 28.6 Å². The number of nitrogens with two attached hydrogens (primary N) is 1. The molecule has 1 atom stereocenters. The zero-order valence-corrected chi connectivity index (χ0v) is 13.2. The van der Waals surface area contributed by atoms with E-state index in [0.29, 0.717) is 43.4 Å². The van der Waals surface area contributed by atoms with E-state index in [4.69, 9.17) is 10.3 Å². The molecule has 1 aliphatic carbocycles. The zero-order valence-electron chi connectivity index (χ0n) is 13.2. The highest BCUT2D eigenvalue weighted by atomic mass is 16.5. The van der Waals surface area contributed by atoms with Gasteiger partial charge in [-0.25, -0.2) is 0 Å². The summed E-state index contributed by atoms with van der Waals surface area (Å²) in [5.74, 6) is 1.96. The second-order valence-electron chi connectivity index (χ2n) is 6.86. The molecule has 0 bridgehead atoms. The van der Waals surface area contributed by atoms with Gasteiger partial charge >= 0.3 is 0 Å². The number of aryl methyl sites for hydroxylation is 1. The Morgan fingerprint density at radius 3 is 2.71 bits per heavy atom. The highest BCUT2D eigenvalue weighted by molar-refractivity contribution is 5.76. The van der Waals surface area contributed by atoms with Crippen LogP contribution in [0.3, 0.4) is 0 Å². The summed E-state index contributed by atoms with van der Waals surface area (Å²) in [4.78, 5) is 16.2. The Morgan fingerprint density at radius 1 is 1.48 bits per heavy atom. The zero-order chi connectivity index (χ0) is 15.5. The van der Waals surface area contributed by atoms with Crippen molar-refractivity contribution in [3.8, 4) is 0 Å². The van der Waals surface area contributed by atoms with Crippen molar-refractivity contribution >= 4 is 5.91 Å². The molecule has 6 nitrogen and oxygen atoms in total. The van der Waals surface area contributed by atoms with Crippen LogP contribution in [0.5, 0.6) is 0 Å². The molecule has 0 aliphatic heterocycles. The molecule has 1 unspecified atom stereocenters. The van der Waals surface area contributed by atoms with Crippen molar-refractivity contribution in [3.05, 3.63) is 11.7 Å². The van der Waals surface area contributed by atoms with E-state index in [2.05, 4.69) is 15.5 Å². The first-order valence-electron chi connectivity index (χ1n) is 7.72. The quantitative estimate of drug-likeness (QED) is 0.795. The minimum absolute atomic E-state index is 0.0629. The smallest absolute Gasteiger partial charge is 0.226 e. The van der Waals surface area contributed by atoms with E-state index in [9.17, 15) is 4.79 Å². The molecule has 1 amide bonds. The van der Waals surface area contributed by atoms with E-state index in [1.165, 1.54) is 12.8 Å². The van der Waals surface area contributed by atoms with Gasteiger partial charge in [0.1, 0.15) is 0 Å². The molecule has 21 heavy (non-hydrogen) atoms. The molecule has 0 aromatic carbocycles. The summed E-state index contributed by atoms with van der Waals surface area (Å²) in [5, 5.41) is 6.99. The summed E-state index contributed by atoms with van der Waals surface area (Å²) < 4.78 is 5.21. The van der Waals surface area contributed by atoms with E-state index >= 15 is 0 Å². The number of hydrogen-bond donors (Lipinski definition) is 2. The SMILES string of the molecule is CC(C)(C)c1noc(CCCC(=O)NC(CN)C2CC2)n1. The highest BCUT2D eigenvalue weighted by Gasteiger charge is 2.31. The summed E-state index contributed by atoms with van der Waals surface area (Å²) in [7, 11) is 0. The van der Waals surface area contributed by atoms with Crippen LogP contribution < -0.4 is 11.1 Å². The molecule has 6 heteroatoms. The molecule has 0 radical (unpaired) electrons. The number of carbonyl (C=O) groups excluding carboxylic acids is 1. The van der Waals surface area contributed by atoms with Crippen LogP contribution in [0.2, 0.25) is 0 Å². The lowest BCUT2D eigenvalue weighted by atomic mass is 9.96. The number of amides is 1. The third kappa shape index (κ3) is 4.81. The third-order valence-corrected chi connectivity index (χ3v) is 3.72. The maximum absolute atomic E-state index is 11.9. The molecule has 1 aromatic rings. The number of nitrogens with one attached hydrogen (secondary N) is 1. The second-order valence-corrected chi connectivity index (χ2v) is 6.86. The number of hydrogen-bond acceptors (Lipinski definition) is 5. The average molecular weight is 294 g/mol. The Kier molecular flexibility index (Phi) is 4.98. The van der Waals surface area contributed by atoms with E-state index in [-0.39, 0.29) is 17.4 Å². The lowest BCUT2D eigenvalue weighted by Gasteiger charge is -2.15. The Labute approximate surface area is 125 Å². The Balaban J connectivity index is 1.71. The molecule has 1 saturated carbocycles. The fourth-order valence-corrected chi connectivity index (χ4v) is 2.21. The topological polar surface area (TPSA) is 94.0 Å². The van der Waals surface area contributed by atoms with Gasteiger partial charge in [-0.05, 0) is 25.2 Å². The first-order valence-corrected chi connectivity index (χ1v) is 7.72. The molecule has 3 N–H and O–H groups in total. The summed E-state index contributed by atoms with van der Waals surface area (Å²) in [6.07, 6.45) is 4.17. The monoisotopic (exact) mass is 294 g/mol.